The molecule has 1 aliphatic rings. The molecule has 160 valence electrons. The van der Waals surface area contributed by atoms with Crippen molar-refractivity contribution >= 4 is 38.3 Å². The van der Waals surface area contributed by atoms with E-state index in [1.807, 2.05) is 17.5 Å². The van der Waals surface area contributed by atoms with E-state index < -0.39 is 10.0 Å². The molecule has 31 heavy (non-hydrogen) atoms. The van der Waals surface area contributed by atoms with Gasteiger partial charge in [0.05, 0.1) is 4.88 Å². The highest BCUT2D eigenvalue weighted by Gasteiger charge is 2.33. The fourth-order valence-electron chi connectivity index (χ4n) is 3.67. The lowest BCUT2D eigenvalue weighted by Gasteiger charge is -2.33. The summed E-state index contributed by atoms with van der Waals surface area (Å²) < 4.78 is 33.4. The molecule has 1 N–H and O–H groups in total. The number of aryl methyl sites for hydroxylation is 1. The van der Waals surface area contributed by atoms with Crippen molar-refractivity contribution in [2.45, 2.75) is 11.8 Å². The third-order valence-electron chi connectivity index (χ3n) is 5.29. The van der Waals surface area contributed by atoms with Gasteiger partial charge in [-0.2, -0.15) is 4.31 Å². The number of fused-ring (bicyclic) bond motifs is 1. The lowest BCUT2D eigenvalue weighted by Crippen LogP contribution is -2.50. The molecule has 1 amide bonds. The van der Waals surface area contributed by atoms with E-state index in [2.05, 4.69) is 15.0 Å². The van der Waals surface area contributed by atoms with Gasteiger partial charge < -0.3 is 14.3 Å². The van der Waals surface area contributed by atoms with Crippen LogP contribution in [0.1, 0.15) is 16.2 Å². The first-order valence-electron chi connectivity index (χ1n) is 9.68. The molecule has 4 aromatic heterocycles. The third kappa shape index (κ3) is 3.44. The number of pyridine rings is 1. The van der Waals surface area contributed by atoms with Gasteiger partial charge >= 0.3 is 0 Å². The van der Waals surface area contributed by atoms with Crippen molar-refractivity contribution in [3.05, 3.63) is 53.5 Å². The van der Waals surface area contributed by atoms with Crippen LogP contribution in [0, 0.1) is 6.92 Å². The smallest absolute Gasteiger partial charge is 0.276 e. The van der Waals surface area contributed by atoms with E-state index in [9.17, 15) is 13.2 Å². The Balaban J connectivity index is 1.32. The fourth-order valence-corrected chi connectivity index (χ4v) is 5.89. The summed E-state index contributed by atoms with van der Waals surface area (Å²) in [6, 6.07) is 7.21. The van der Waals surface area contributed by atoms with Crippen molar-refractivity contribution in [1.29, 1.82) is 0 Å². The van der Waals surface area contributed by atoms with Crippen LogP contribution in [0.5, 0.6) is 0 Å². The first-order valence-corrected chi connectivity index (χ1v) is 12.0. The maximum atomic E-state index is 13.1. The average molecular weight is 458 g/mol. The van der Waals surface area contributed by atoms with Gasteiger partial charge in [-0.15, -0.1) is 11.3 Å². The number of carbonyl (C=O) groups is 1. The summed E-state index contributed by atoms with van der Waals surface area (Å²) in [4.78, 5) is 27.1. The zero-order valence-electron chi connectivity index (χ0n) is 16.6. The highest BCUT2D eigenvalue weighted by molar-refractivity contribution is 7.89. The molecule has 0 atom stereocenters. The second kappa shape index (κ2) is 7.59. The number of nitrogens with one attached hydrogen (secondary N) is 1. The standard InChI is InChI=1S/C20H19N5O4S2/c1-13-17(23-19(29-13)15-5-3-11-30-15)20(26)24-7-9-25(10-8-24)31(27,28)16-12-22-18-14(16)4-2-6-21-18/h2-6,11-12H,7-10H2,1H3,(H,21,22). The van der Waals surface area contributed by atoms with E-state index in [-0.39, 0.29) is 42.7 Å². The van der Waals surface area contributed by atoms with Crippen LogP contribution < -0.4 is 0 Å². The van der Waals surface area contributed by atoms with Gasteiger partial charge in [0.25, 0.3) is 5.91 Å². The first-order chi connectivity index (χ1) is 14.9. The maximum Gasteiger partial charge on any atom is 0.276 e. The molecule has 5 rings (SSSR count). The molecule has 1 saturated heterocycles. The van der Waals surface area contributed by atoms with Gasteiger partial charge in [0.2, 0.25) is 15.9 Å². The summed E-state index contributed by atoms with van der Waals surface area (Å²) in [7, 11) is -3.70. The minimum atomic E-state index is -3.70. The number of piperazine rings is 1. The van der Waals surface area contributed by atoms with Crippen LogP contribution in [0.25, 0.3) is 21.8 Å². The number of H-pyrrole nitrogens is 1. The van der Waals surface area contributed by atoms with Crippen molar-refractivity contribution < 1.29 is 17.6 Å². The minimum Gasteiger partial charge on any atom is -0.440 e. The molecular weight excluding hydrogens is 438 g/mol. The van der Waals surface area contributed by atoms with Crippen LogP contribution in [0.2, 0.25) is 0 Å². The summed E-state index contributed by atoms with van der Waals surface area (Å²) in [5.74, 6) is 0.622. The number of thiophene rings is 1. The Morgan fingerprint density at radius 3 is 2.74 bits per heavy atom. The molecule has 0 saturated carbocycles. The van der Waals surface area contributed by atoms with Gasteiger partial charge in [0, 0.05) is 44.0 Å². The molecule has 0 spiro atoms. The van der Waals surface area contributed by atoms with Crippen molar-refractivity contribution in [2.24, 2.45) is 0 Å². The highest BCUT2D eigenvalue weighted by atomic mass is 32.2. The van der Waals surface area contributed by atoms with Crippen molar-refractivity contribution in [3.63, 3.8) is 0 Å². The second-order valence-electron chi connectivity index (χ2n) is 7.15. The number of hydrogen-bond donors (Lipinski definition) is 1. The van der Waals surface area contributed by atoms with Gasteiger partial charge in [-0.3, -0.25) is 4.79 Å². The number of rotatable bonds is 4. The maximum absolute atomic E-state index is 13.1. The molecule has 1 fully saturated rings. The number of nitrogens with zero attached hydrogens (tertiary/aromatic N) is 4. The van der Waals surface area contributed by atoms with E-state index in [0.717, 1.165) is 4.88 Å². The van der Waals surface area contributed by atoms with Gasteiger partial charge in [0.1, 0.15) is 16.3 Å². The average Bonchev–Trinajstić information content (AvgIpc) is 3.52. The Labute approximate surface area is 182 Å². The lowest BCUT2D eigenvalue weighted by molar-refractivity contribution is 0.0691. The SMILES string of the molecule is Cc1oc(-c2cccs2)nc1C(=O)N1CCN(S(=O)(=O)c2c[nH]c3ncccc23)CC1. The van der Waals surface area contributed by atoms with Crippen molar-refractivity contribution in [2.75, 3.05) is 26.2 Å². The fraction of sp³-hybridized carbons (Fsp3) is 0.250. The Hall–Kier alpha value is -3.02. The van der Waals surface area contributed by atoms with E-state index in [1.165, 1.54) is 21.8 Å². The largest absolute Gasteiger partial charge is 0.440 e. The number of carbonyl (C=O) groups excluding carboxylic acids is 1. The normalized spacial score (nSPS) is 15.6. The Morgan fingerprint density at radius 2 is 2.00 bits per heavy atom. The molecule has 5 heterocycles. The van der Waals surface area contributed by atoms with E-state index in [1.54, 1.807) is 30.2 Å². The van der Waals surface area contributed by atoms with Crippen molar-refractivity contribution in [3.8, 4) is 10.8 Å². The van der Waals surface area contributed by atoms with Gasteiger partial charge in [-0.05, 0) is 30.5 Å². The number of sulfonamides is 1. The van der Waals surface area contributed by atoms with E-state index >= 15 is 0 Å². The molecule has 0 radical (unpaired) electrons. The highest BCUT2D eigenvalue weighted by Crippen LogP contribution is 2.28. The second-order valence-corrected chi connectivity index (χ2v) is 10.0. The minimum absolute atomic E-state index is 0.198. The Morgan fingerprint density at radius 1 is 1.19 bits per heavy atom. The summed E-state index contributed by atoms with van der Waals surface area (Å²) in [5, 5.41) is 2.47. The van der Waals surface area contributed by atoms with Gasteiger partial charge in [0.15, 0.2) is 5.69 Å². The summed E-state index contributed by atoms with van der Waals surface area (Å²) in [6.07, 6.45) is 3.07. The van der Waals surface area contributed by atoms with E-state index in [4.69, 9.17) is 4.42 Å². The number of hydrogen-bond acceptors (Lipinski definition) is 7. The van der Waals surface area contributed by atoms with Crippen LogP contribution in [0.4, 0.5) is 0 Å². The molecule has 0 unspecified atom stereocenters. The van der Waals surface area contributed by atoms with Crippen LogP contribution >= 0.6 is 11.3 Å². The van der Waals surface area contributed by atoms with Crippen LogP contribution in [-0.4, -0.2) is 64.7 Å². The van der Waals surface area contributed by atoms with E-state index in [0.29, 0.717) is 22.7 Å². The molecular formula is C20H19N5O4S2. The Bertz CT molecular complexity index is 1350. The molecule has 9 nitrogen and oxygen atoms in total. The zero-order valence-corrected chi connectivity index (χ0v) is 18.2. The topological polar surface area (TPSA) is 112 Å². The quantitative estimate of drug-likeness (QED) is 0.504. The summed E-state index contributed by atoms with van der Waals surface area (Å²) >= 11 is 1.49. The molecule has 0 bridgehead atoms. The molecule has 0 aromatic carbocycles. The van der Waals surface area contributed by atoms with Crippen LogP contribution in [0.3, 0.4) is 0 Å². The monoisotopic (exact) mass is 457 g/mol. The number of aromatic nitrogens is 3. The molecule has 0 aliphatic carbocycles. The predicted octanol–water partition coefficient (Wildman–Crippen LogP) is 2.73. The summed E-state index contributed by atoms with van der Waals surface area (Å²) in [5.41, 5.74) is 0.792. The van der Waals surface area contributed by atoms with Gasteiger partial charge in [-0.1, -0.05) is 6.07 Å². The number of oxazole rings is 1. The number of aromatic amines is 1. The van der Waals surface area contributed by atoms with Crippen LogP contribution in [0.15, 0.2) is 51.4 Å². The summed E-state index contributed by atoms with van der Waals surface area (Å²) in [6.45, 7) is 2.67. The lowest BCUT2D eigenvalue weighted by atomic mass is 10.3. The molecule has 11 heteroatoms. The van der Waals surface area contributed by atoms with Crippen molar-refractivity contribution in [1.82, 2.24) is 24.2 Å². The predicted molar refractivity (Wildman–Crippen MR) is 115 cm³/mol. The molecule has 1 aliphatic heterocycles. The van der Waals surface area contributed by atoms with Crippen LogP contribution in [-0.2, 0) is 10.0 Å². The third-order valence-corrected chi connectivity index (χ3v) is 8.08. The van der Waals surface area contributed by atoms with Gasteiger partial charge in [-0.25, -0.2) is 18.4 Å². The molecule has 4 aromatic rings. The Kier molecular flexibility index (Phi) is 4.88. The first kappa shape index (κ1) is 19.9. The number of amides is 1. The zero-order chi connectivity index (χ0) is 21.6.